The van der Waals surface area contributed by atoms with E-state index in [4.69, 9.17) is 0 Å². The van der Waals surface area contributed by atoms with Crippen LogP contribution in [0.15, 0.2) is 18.5 Å². The van der Waals surface area contributed by atoms with Gasteiger partial charge in [0.2, 0.25) is 5.91 Å². The Morgan fingerprint density at radius 2 is 2.00 bits per heavy atom. The second kappa shape index (κ2) is 7.77. The molecule has 1 fully saturated rings. The van der Waals surface area contributed by atoms with E-state index in [0.29, 0.717) is 0 Å². The number of likely N-dealkylation sites (N-methyl/N-ethyl adjacent to an activating group) is 1. The van der Waals surface area contributed by atoms with Gasteiger partial charge in [-0.2, -0.15) is 5.10 Å². The number of aromatic nitrogens is 2. The van der Waals surface area contributed by atoms with Crippen molar-refractivity contribution in [1.82, 2.24) is 20.0 Å². The quantitative estimate of drug-likeness (QED) is 0.822. The molecule has 1 unspecified atom stereocenters. The van der Waals surface area contributed by atoms with Crippen molar-refractivity contribution < 1.29 is 4.79 Å². The molecule has 0 bridgehead atoms. The molecule has 1 N–H and O–H groups in total. The number of hydrogen-bond donors (Lipinski definition) is 1. The van der Waals surface area contributed by atoms with Crippen molar-refractivity contribution in [2.45, 2.75) is 63.5 Å². The maximum Gasteiger partial charge on any atom is 0.244 e. The highest BCUT2D eigenvalue weighted by molar-refractivity contribution is 5.80. The SMILES string of the molecule is CCC(C(=O)NCC1(N(C)C)CCCCCC1)n1cccn1. The Bertz CT molecular complexity index is 447. The summed E-state index contributed by atoms with van der Waals surface area (Å²) in [4.78, 5) is 14.9. The van der Waals surface area contributed by atoms with Crippen LogP contribution in [0.5, 0.6) is 0 Å². The Morgan fingerprint density at radius 1 is 1.32 bits per heavy atom. The van der Waals surface area contributed by atoms with Gasteiger partial charge in [0, 0.05) is 24.5 Å². The lowest BCUT2D eigenvalue weighted by Crippen LogP contribution is -2.53. The Kier molecular flexibility index (Phi) is 6.00. The van der Waals surface area contributed by atoms with E-state index in [1.807, 2.05) is 19.2 Å². The van der Waals surface area contributed by atoms with Crippen LogP contribution in [0, 0.1) is 0 Å². The molecule has 22 heavy (non-hydrogen) atoms. The first-order chi connectivity index (χ1) is 10.6. The fourth-order valence-electron chi connectivity index (χ4n) is 3.50. The van der Waals surface area contributed by atoms with Crippen molar-refractivity contribution >= 4 is 5.91 Å². The van der Waals surface area contributed by atoms with Gasteiger partial charge in [-0.25, -0.2) is 0 Å². The first-order valence-electron chi connectivity index (χ1n) is 8.53. The van der Waals surface area contributed by atoms with Crippen LogP contribution >= 0.6 is 0 Å². The maximum atomic E-state index is 12.6. The van der Waals surface area contributed by atoms with Crippen molar-refractivity contribution in [2.75, 3.05) is 20.6 Å². The zero-order valence-corrected chi connectivity index (χ0v) is 14.2. The molecule has 1 aromatic rings. The molecule has 1 heterocycles. The van der Waals surface area contributed by atoms with Gasteiger partial charge in [0.1, 0.15) is 6.04 Å². The van der Waals surface area contributed by atoms with Gasteiger partial charge in [-0.15, -0.1) is 0 Å². The molecule has 1 aromatic heterocycles. The molecule has 2 rings (SSSR count). The molecule has 0 saturated heterocycles. The van der Waals surface area contributed by atoms with E-state index >= 15 is 0 Å². The molecule has 1 aliphatic carbocycles. The van der Waals surface area contributed by atoms with Crippen LogP contribution in [-0.2, 0) is 4.79 Å². The van der Waals surface area contributed by atoms with E-state index in [1.165, 1.54) is 38.5 Å². The van der Waals surface area contributed by atoms with Crippen molar-refractivity contribution in [2.24, 2.45) is 0 Å². The molecule has 0 aliphatic heterocycles. The average molecular weight is 306 g/mol. The summed E-state index contributed by atoms with van der Waals surface area (Å²) >= 11 is 0. The summed E-state index contributed by atoms with van der Waals surface area (Å²) in [7, 11) is 4.28. The van der Waals surface area contributed by atoms with Crippen molar-refractivity contribution in [3.8, 4) is 0 Å². The molecule has 1 aliphatic rings. The molecular formula is C17H30N4O. The smallest absolute Gasteiger partial charge is 0.244 e. The monoisotopic (exact) mass is 306 g/mol. The van der Waals surface area contributed by atoms with E-state index < -0.39 is 0 Å². The third-order valence-corrected chi connectivity index (χ3v) is 5.11. The van der Waals surface area contributed by atoms with E-state index in [0.717, 1.165) is 13.0 Å². The highest BCUT2D eigenvalue weighted by Crippen LogP contribution is 2.30. The second-order valence-corrected chi connectivity index (χ2v) is 6.66. The van der Waals surface area contributed by atoms with E-state index in [1.54, 1.807) is 10.9 Å². The largest absolute Gasteiger partial charge is 0.352 e. The highest BCUT2D eigenvalue weighted by atomic mass is 16.2. The number of nitrogens with one attached hydrogen (secondary N) is 1. The minimum absolute atomic E-state index is 0.0803. The van der Waals surface area contributed by atoms with Crippen LogP contribution in [-0.4, -0.2) is 46.8 Å². The first kappa shape index (κ1) is 17.0. The molecule has 0 aromatic carbocycles. The normalized spacial score (nSPS) is 19.6. The second-order valence-electron chi connectivity index (χ2n) is 6.66. The molecule has 5 nitrogen and oxygen atoms in total. The van der Waals surface area contributed by atoms with Gasteiger partial charge in [-0.3, -0.25) is 9.48 Å². The number of rotatable bonds is 6. The van der Waals surface area contributed by atoms with Crippen LogP contribution in [0.3, 0.4) is 0 Å². The Hall–Kier alpha value is -1.36. The number of carbonyl (C=O) groups excluding carboxylic acids is 1. The fraction of sp³-hybridized carbons (Fsp3) is 0.765. The van der Waals surface area contributed by atoms with Crippen LogP contribution in [0.4, 0.5) is 0 Å². The summed E-state index contributed by atoms with van der Waals surface area (Å²) < 4.78 is 1.75. The Balaban J connectivity index is 2.00. The first-order valence-corrected chi connectivity index (χ1v) is 8.53. The van der Waals surface area contributed by atoms with Gasteiger partial charge in [0.05, 0.1) is 0 Å². The minimum atomic E-state index is -0.208. The molecule has 5 heteroatoms. The summed E-state index contributed by atoms with van der Waals surface area (Å²) in [5.41, 5.74) is 0.106. The maximum absolute atomic E-state index is 12.6. The van der Waals surface area contributed by atoms with Crippen molar-refractivity contribution in [1.29, 1.82) is 0 Å². The average Bonchev–Trinajstić information content (AvgIpc) is 2.90. The summed E-state index contributed by atoms with van der Waals surface area (Å²) in [5.74, 6) is 0.0803. The highest BCUT2D eigenvalue weighted by Gasteiger charge is 2.34. The molecule has 1 atom stereocenters. The molecular weight excluding hydrogens is 276 g/mol. The summed E-state index contributed by atoms with van der Waals surface area (Å²) in [6, 6.07) is 1.66. The van der Waals surface area contributed by atoms with Crippen LogP contribution in [0.1, 0.15) is 57.9 Å². The van der Waals surface area contributed by atoms with Gasteiger partial charge >= 0.3 is 0 Å². The van der Waals surface area contributed by atoms with Gasteiger partial charge in [-0.1, -0.05) is 32.6 Å². The lowest BCUT2D eigenvalue weighted by Gasteiger charge is -2.40. The fourth-order valence-corrected chi connectivity index (χ4v) is 3.50. The van der Waals surface area contributed by atoms with Crippen molar-refractivity contribution in [3.63, 3.8) is 0 Å². The van der Waals surface area contributed by atoms with E-state index in [9.17, 15) is 4.79 Å². The Labute approximate surface area is 134 Å². The lowest BCUT2D eigenvalue weighted by atomic mass is 9.88. The zero-order chi connectivity index (χ0) is 16.0. The molecule has 0 spiro atoms. The standard InChI is InChI=1S/C17H30N4O/c1-4-15(21-13-9-12-19-21)16(22)18-14-17(20(2)3)10-7-5-6-8-11-17/h9,12-13,15H,4-8,10-11,14H2,1-3H3,(H,18,22). The molecule has 124 valence electrons. The number of amides is 1. The Morgan fingerprint density at radius 3 is 2.50 bits per heavy atom. The van der Waals surface area contributed by atoms with E-state index in [2.05, 4.69) is 29.4 Å². The van der Waals surface area contributed by atoms with Gasteiger partial charge < -0.3 is 10.2 Å². The van der Waals surface area contributed by atoms with Gasteiger partial charge in [0.15, 0.2) is 0 Å². The summed E-state index contributed by atoms with van der Waals surface area (Å²) in [5, 5.41) is 7.42. The minimum Gasteiger partial charge on any atom is -0.352 e. The topological polar surface area (TPSA) is 50.2 Å². The number of hydrogen-bond acceptors (Lipinski definition) is 3. The van der Waals surface area contributed by atoms with Crippen molar-refractivity contribution in [3.05, 3.63) is 18.5 Å². The number of nitrogens with zero attached hydrogens (tertiary/aromatic N) is 3. The molecule has 1 saturated carbocycles. The molecule has 0 radical (unpaired) electrons. The van der Waals surface area contributed by atoms with Gasteiger partial charge in [0.25, 0.3) is 0 Å². The third-order valence-electron chi connectivity index (χ3n) is 5.11. The molecule has 1 amide bonds. The summed E-state index contributed by atoms with van der Waals surface area (Å²) in [6.45, 7) is 2.76. The predicted octanol–water partition coefficient (Wildman–Crippen LogP) is 2.61. The number of carbonyl (C=O) groups is 1. The van der Waals surface area contributed by atoms with Crippen LogP contribution < -0.4 is 5.32 Å². The van der Waals surface area contributed by atoms with Crippen LogP contribution in [0.2, 0.25) is 0 Å². The summed E-state index contributed by atoms with van der Waals surface area (Å²) in [6.07, 6.45) is 11.8. The third kappa shape index (κ3) is 3.88. The lowest BCUT2D eigenvalue weighted by molar-refractivity contribution is -0.125. The zero-order valence-electron chi connectivity index (χ0n) is 14.2. The van der Waals surface area contributed by atoms with Gasteiger partial charge in [-0.05, 0) is 39.4 Å². The van der Waals surface area contributed by atoms with E-state index in [-0.39, 0.29) is 17.5 Å². The predicted molar refractivity (Wildman–Crippen MR) is 88.7 cm³/mol. The van der Waals surface area contributed by atoms with Crippen LogP contribution in [0.25, 0.3) is 0 Å².